The maximum absolute atomic E-state index is 11.3. The summed E-state index contributed by atoms with van der Waals surface area (Å²) in [5.41, 5.74) is -0.519. The second-order valence-corrected chi connectivity index (χ2v) is 3.21. The van der Waals surface area contributed by atoms with Crippen LogP contribution in [-0.4, -0.2) is 26.1 Å². The van der Waals surface area contributed by atoms with Crippen molar-refractivity contribution >= 4 is 22.4 Å². The van der Waals surface area contributed by atoms with E-state index < -0.39 is 11.6 Å². The highest BCUT2D eigenvalue weighted by Gasteiger charge is 2.10. The summed E-state index contributed by atoms with van der Waals surface area (Å²) in [7, 11) is 0. The van der Waals surface area contributed by atoms with E-state index >= 15 is 0 Å². The molecule has 0 aliphatic rings. The third kappa shape index (κ3) is 1.69. The van der Waals surface area contributed by atoms with Crippen LogP contribution in [0.5, 0.6) is 0 Å². The molecule has 0 saturated heterocycles. The second kappa shape index (κ2) is 3.42. The summed E-state index contributed by atoms with van der Waals surface area (Å²) >= 11 is 1.28. The van der Waals surface area contributed by atoms with Gasteiger partial charge in [-0.05, 0) is 0 Å². The molecule has 0 saturated carbocycles. The number of aromatic amines is 2. The van der Waals surface area contributed by atoms with Crippen molar-refractivity contribution in [2.75, 3.05) is 5.32 Å². The Kier molecular flexibility index (Phi) is 2.11. The highest BCUT2D eigenvalue weighted by atomic mass is 32.1. The lowest BCUT2D eigenvalue weighted by Gasteiger charge is -1.95. The molecular formula is C6H5N5O2S. The van der Waals surface area contributed by atoms with Crippen LogP contribution in [0.4, 0.5) is 5.13 Å². The minimum Gasteiger partial charge on any atom is -0.295 e. The van der Waals surface area contributed by atoms with E-state index in [9.17, 15) is 9.59 Å². The molecule has 72 valence electrons. The maximum atomic E-state index is 11.3. The van der Waals surface area contributed by atoms with E-state index in [1.807, 2.05) is 0 Å². The molecule has 0 aromatic carbocycles. The molecule has 1 amide bonds. The van der Waals surface area contributed by atoms with Crippen LogP contribution in [0.15, 0.2) is 16.4 Å². The Labute approximate surface area is 81.2 Å². The number of nitrogens with one attached hydrogen (secondary N) is 3. The molecule has 0 atom stereocenters. The molecule has 2 rings (SSSR count). The van der Waals surface area contributed by atoms with Crippen LogP contribution in [-0.2, 0) is 0 Å². The molecule has 0 bridgehead atoms. The number of H-pyrrole nitrogens is 2. The second-order valence-electron chi connectivity index (χ2n) is 2.32. The number of amides is 1. The first kappa shape index (κ1) is 8.63. The van der Waals surface area contributed by atoms with Gasteiger partial charge >= 0.3 is 5.69 Å². The SMILES string of the molecule is O=C(Nc1nccs1)c1n[nH]c(=O)[nH]1. The van der Waals surface area contributed by atoms with Crippen LogP contribution in [0.1, 0.15) is 10.6 Å². The zero-order chi connectivity index (χ0) is 9.97. The van der Waals surface area contributed by atoms with Crippen LogP contribution in [0, 0.1) is 0 Å². The summed E-state index contributed by atoms with van der Waals surface area (Å²) in [5, 5.41) is 10.2. The van der Waals surface area contributed by atoms with Gasteiger partial charge in [0.15, 0.2) is 5.13 Å². The van der Waals surface area contributed by atoms with Crippen LogP contribution < -0.4 is 11.0 Å². The van der Waals surface area contributed by atoms with E-state index in [-0.39, 0.29) is 5.82 Å². The minimum absolute atomic E-state index is 0.0646. The molecule has 2 heterocycles. The van der Waals surface area contributed by atoms with Crippen LogP contribution in [0.3, 0.4) is 0 Å². The van der Waals surface area contributed by atoms with Gasteiger partial charge in [-0.25, -0.2) is 14.9 Å². The van der Waals surface area contributed by atoms with Crippen molar-refractivity contribution in [1.82, 2.24) is 20.2 Å². The molecule has 0 fully saturated rings. The van der Waals surface area contributed by atoms with E-state index in [2.05, 4.69) is 25.5 Å². The zero-order valence-electron chi connectivity index (χ0n) is 6.77. The number of aromatic nitrogens is 4. The van der Waals surface area contributed by atoms with Crippen molar-refractivity contribution in [3.63, 3.8) is 0 Å². The molecule has 14 heavy (non-hydrogen) atoms. The molecule has 7 nitrogen and oxygen atoms in total. The first-order valence-corrected chi connectivity index (χ1v) is 4.49. The molecule has 2 aromatic rings. The van der Waals surface area contributed by atoms with E-state index in [1.54, 1.807) is 11.6 Å². The largest absolute Gasteiger partial charge is 0.341 e. The smallest absolute Gasteiger partial charge is 0.295 e. The lowest BCUT2D eigenvalue weighted by atomic mass is 10.6. The van der Waals surface area contributed by atoms with Crippen molar-refractivity contribution in [3.05, 3.63) is 27.9 Å². The maximum Gasteiger partial charge on any atom is 0.341 e. The summed E-state index contributed by atoms with van der Waals surface area (Å²) in [6, 6.07) is 0. The Bertz CT molecular complexity index is 484. The molecule has 0 spiro atoms. The van der Waals surface area contributed by atoms with Gasteiger partial charge in [-0.1, -0.05) is 0 Å². The molecule has 0 aliphatic carbocycles. The predicted molar refractivity (Wildman–Crippen MR) is 49.3 cm³/mol. The Morgan fingerprint density at radius 3 is 3.00 bits per heavy atom. The van der Waals surface area contributed by atoms with Crippen molar-refractivity contribution in [2.24, 2.45) is 0 Å². The van der Waals surface area contributed by atoms with Gasteiger partial charge in [0.1, 0.15) is 0 Å². The molecule has 0 radical (unpaired) electrons. The minimum atomic E-state index is -0.519. The number of thiazole rings is 1. The molecular weight excluding hydrogens is 206 g/mol. The van der Waals surface area contributed by atoms with Gasteiger partial charge in [-0.2, -0.15) is 0 Å². The third-order valence-electron chi connectivity index (χ3n) is 1.37. The summed E-state index contributed by atoms with van der Waals surface area (Å²) in [4.78, 5) is 28.0. The third-order valence-corrected chi connectivity index (χ3v) is 2.06. The van der Waals surface area contributed by atoms with Gasteiger partial charge in [0.05, 0.1) is 0 Å². The molecule has 3 N–H and O–H groups in total. The summed E-state index contributed by atoms with van der Waals surface area (Å²) < 4.78 is 0. The van der Waals surface area contributed by atoms with E-state index in [0.717, 1.165) is 0 Å². The average molecular weight is 211 g/mol. The monoisotopic (exact) mass is 211 g/mol. The number of hydrogen-bond acceptors (Lipinski definition) is 5. The van der Waals surface area contributed by atoms with Crippen LogP contribution in [0.2, 0.25) is 0 Å². The Hall–Kier alpha value is -1.96. The number of anilines is 1. The van der Waals surface area contributed by atoms with E-state index in [4.69, 9.17) is 0 Å². The van der Waals surface area contributed by atoms with Gasteiger partial charge < -0.3 is 0 Å². The fraction of sp³-hybridized carbons (Fsp3) is 0. The van der Waals surface area contributed by atoms with Gasteiger partial charge in [-0.3, -0.25) is 15.1 Å². The lowest BCUT2D eigenvalue weighted by molar-refractivity contribution is 0.101. The fourth-order valence-corrected chi connectivity index (χ4v) is 1.34. The lowest BCUT2D eigenvalue weighted by Crippen LogP contribution is -2.14. The summed E-state index contributed by atoms with van der Waals surface area (Å²) in [5.74, 6) is -0.566. The predicted octanol–water partition coefficient (Wildman–Crippen LogP) is -0.193. The molecule has 0 aliphatic heterocycles. The quantitative estimate of drug-likeness (QED) is 0.640. The van der Waals surface area contributed by atoms with Crippen molar-refractivity contribution < 1.29 is 4.79 Å². The normalized spacial score (nSPS) is 10.0. The highest BCUT2D eigenvalue weighted by molar-refractivity contribution is 7.13. The van der Waals surface area contributed by atoms with Gasteiger partial charge in [-0.15, -0.1) is 16.4 Å². The number of nitrogens with zero attached hydrogens (tertiary/aromatic N) is 2. The van der Waals surface area contributed by atoms with Crippen molar-refractivity contribution in [1.29, 1.82) is 0 Å². The first-order valence-electron chi connectivity index (χ1n) is 3.61. The molecule has 8 heteroatoms. The van der Waals surface area contributed by atoms with Crippen molar-refractivity contribution in [2.45, 2.75) is 0 Å². The number of carbonyl (C=O) groups is 1. The summed E-state index contributed by atoms with van der Waals surface area (Å²) in [6.07, 6.45) is 1.56. The number of hydrogen-bond donors (Lipinski definition) is 3. The summed E-state index contributed by atoms with van der Waals surface area (Å²) in [6.45, 7) is 0. The molecule has 2 aromatic heterocycles. The van der Waals surface area contributed by atoms with Crippen LogP contribution >= 0.6 is 11.3 Å². The standard InChI is InChI=1S/C6H5N5O2S/c12-4(3-8-5(13)11-10-3)9-6-7-1-2-14-6/h1-2H,(H,7,9,12)(H2,8,10,11,13). The topological polar surface area (TPSA) is 104 Å². The Morgan fingerprint density at radius 1 is 1.57 bits per heavy atom. The van der Waals surface area contributed by atoms with E-state index in [1.165, 1.54) is 11.3 Å². The zero-order valence-corrected chi connectivity index (χ0v) is 7.59. The Morgan fingerprint density at radius 2 is 2.43 bits per heavy atom. The van der Waals surface area contributed by atoms with Gasteiger partial charge in [0, 0.05) is 11.6 Å². The highest BCUT2D eigenvalue weighted by Crippen LogP contribution is 2.10. The molecule has 0 unspecified atom stereocenters. The number of carbonyl (C=O) groups excluding carboxylic acids is 1. The average Bonchev–Trinajstić information content (AvgIpc) is 2.75. The van der Waals surface area contributed by atoms with E-state index in [0.29, 0.717) is 5.13 Å². The van der Waals surface area contributed by atoms with Gasteiger partial charge in [0.2, 0.25) is 5.82 Å². The Balaban J connectivity index is 2.14. The fourth-order valence-electron chi connectivity index (χ4n) is 0.819. The first-order chi connectivity index (χ1) is 6.75. The van der Waals surface area contributed by atoms with Crippen molar-refractivity contribution in [3.8, 4) is 0 Å². The number of rotatable bonds is 2. The van der Waals surface area contributed by atoms with Gasteiger partial charge in [0.25, 0.3) is 5.91 Å². The van der Waals surface area contributed by atoms with Crippen LogP contribution in [0.25, 0.3) is 0 Å².